The molecule has 8 heteroatoms. The highest BCUT2D eigenvalue weighted by Gasteiger charge is 2.28. The van der Waals surface area contributed by atoms with Crippen molar-refractivity contribution in [1.82, 2.24) is 4.90 Å². The predicted molar refractivity (Wildman–Crippen MR) is 125 cm³/mol. The minimum Gasteiger partial charge on any atom is -0.370 e. The summed E-state index contributed by atoms with van der Waals surface area (Å²) in [6, 6.07) is 22.3. The summed E-state index contributed by atoms with van der Waals surface area (Å²) in [5.74, 6) is -0.230. The molecule has 3 aromatic carbocycles. The number of ether oxygens (including phenoxy) is 1. The van der Waals surface area contributed by atoms with Crippen molar-refractivity contribution in [3.05, 3.63) is 95.0 Å². The zero-order valence-electron chi connectivity index (χ0n) is 17.5. The topological polar surface area (TPSA) is 66.9 Å². The first-order valence-corrected chi connectivity index (χ1v) is 12.0. The van der Waals surface area contributed by atoms with E-state index < -0.39 is 10.0 Å². The zero-order valence-corrected chi connectivity index (χ0v) is 19.1. The van der Waals surface area contributed by atoms with Gasteiger partial charge in [-0.2, -0.15) is 0 Å². The molecule has 0 bridgehead atoms. The second-order valence-electron chi connectivity index (χ2n) is 7.50. The number of morpholine rings is 1. The van der Waals surface area contributed by atoms with E-state index in [1.54, 1.807) is 53.4 Å². The lowest BCUT2D eigenvalue weighted by molar-refractivity contribution is -0.0228. The zero-order chi connectivity index (χ0) is 22.7. The lowest BCUT2D eigenvalue weighted by Crippen LogP contribution is -2.42. The first kappa shape index (κ1) is 22.3. The molecule has 0 radical (unpaired) electrons. The van der Waals surface area contributed by atoms with E-state index in [4.69, 9.17) is 16.3 Å². The molecule has 6 nitrogen and oxygen atoms in total. The number of hydrogen-bond donors (Lipinski definition) is 0. The van der Waals surface area contributed by atoms with E-state index in [1.807, 2.05) is 18.2 Å². The van der Waals surface area contributed by atoms with Gasteiger partial charge >= 0.3 is 0 Å². The molecule has 32 heavy (non-hydrogen) atoms. The number of nitrogens with zero attached hydrogens (tertiary/aromatic N) is 2. The first-order valence-electron chi connectivity index (χ1n) is 10.2. The molecule has 1 amide bonds. The van der Waals surface area contributed by atoms with Crippen molar-refractivity contribution in [2.45, 2.75) is 11.0 Å². The van der Waals surface area contributed by atoms with Crippen molar-refractivity contribution in [1.29, 1.82) is 0 Å². The Kier molecular flexibility index (Phi) is 6.50. The standard InChI is InChI=1S/C24H23ClN2O4S/c1-26(21-7-3-2-4-8-21)32(29,30)22-9-5-6-19(16-22)24(28)27-14-15-31-23(17-27)18-10-12-20(25)13-11-18/h2-13,16,23H,14-15,17H2,1H3. The first-order chi connectivity index (χ1) is 15.4. The maximum atomic E-state index is 13.2. The number of benzene rings is 3. The Bertz CT molecular complexity index is 1200. The summed E-state index contributed by atoms with van der Waals surface area (Å²) in [6.45, 7) is 1.21. The van der Waals surface area contributed by atoms with Crippen molar-refractivity contribution in [3.8, 4) is 0 Å². The van der Waals surface area contributed by atoms with Crippen molar-refractivity contribution < 1.29 is 17.9 Å². The van der Waals surface area contributed by atoms with Crippen LogP contribution in [0.3, 0.4) is 0 Å². The molecule has 1 unspecified atom stereocenters. The van der Waals surface area contributed by atoms with Crippen LogP contribution in [0.5, 0.6) is 0 Å². The average molecular weight is 471 g/mol. The van der Waals surface area contributed by atoms with Crippen molar-refractivity contribution >= 4 is 33.2 Å². The van der Waals surface area contributed by atoms with Gasteiger partial charge in [-0.15, -0.1) is 0 Å². The molecule has 166 valence electrons. The third kappa shape index (κ3) is 4.65. The molecular weight excluding hydrogens is 448 g/mol. The van der Waals surface area contributed by atoms with Gasteiger partial charge in [0.2, 0.25) is 0 Å². The maximum absolute atomic E-state index is 13.2. The number of halogens is 1. The van der Waals surface area contributed by atoms with E-state index in [1.165, 1.54) is 23.5 Å². The fraction of sp³-hybridized carbons (Fsp3) is 0.208. The number of rotatable bonds is 5. The molecule has 3 aromatic rings. The predicted octanol–water partition coefficient (Wildman–Crippen LogP) is 4.38. The lowest BCUT2D eigenvalue weighted by Gasteiger charge is -2.33. The van der Waals surface area contributed by atoms with Crippen LogP contribution in [0.15, 0.2) is 83.8 Å². The monoisotopic (exact) mass is 470 g/mol. The van der Waals surface area contributed by atoms with Crippen LogP contribution in [0.1, 0.15) is 22.0 Å². The van der Waals surface area contributed by atoms with Gasteiger partial charge in [0.15, 0.2) is 0 Å². The van der Waals surface area contributed by atoms with Gasteiger partial charge in [0, 0.05) is 24.2 Å². The Morgan fingerprint density at radius 3 is 2.47 bits per heavy atom. The highest BCUT2D eigenvalue weighted by atomic mass is 35.5. The quantitative estimate of drug-likeness (QED) is 0.555. The Morgan fingerprint density at radius 1 is 1.03 bits per heavy atom. The van der Waals surface area contributed by atoms with Gasteiger partial charge in [-0.05, 0) is 48.0 Å². The second-order valence-corrected chi connectivity index (χ2v) is 9.90. The van der Waals surface area contributed by atoms with Gasteiger partial charge in [0.25, 0.3) is 15.9 Å². The van der Waals surface area contributed by atoms with E-state index in [-0.39, 0.29) is 16.9 Å². The number of para-hydroxylation sites is 1. The molecule has 1 saturated heterocycles. The van der Waals surface area contributed by atoms with E-state index in [2.05, 4.69) is 0 Å². The molecule has 1 heterocycles. The van der Waals surface area contributed by atoms with E-state index in [9.17, 15) is 13.2 Å². The SMILES string of the molecule is CN(c1ccccc1)S(=O)(=O)c1cccc(C(=O)N2CCOC(c3ccc(Cl)cc3)C2)c1. The van der Waals surface area contributed by atoms with E-state index in [0.29, 0.717) is 36.0 Å². The molecule has 1 fully saturated rings. The van der Waals surface area contributed by atoms with Gasteiger partial charge in [0.1, 0.15) is 6.10 Å². The Hall–Kier alpha value is -2.87. The van der Waals surface area contributed by atoms with Crippen LogP contribution >= 0.6 is 11.6 Å². The second kappa shape index (κ2) is 9.32. The summed E-state index contributed by atoms with van der Waals surface area (Å²) in [7, 11) is -2.31. The molecule has 0 saturated carbocycles. The third-order valence-electron chi connectivity index (χ3n) is 5.45. The number of hydrogen-bond acceptors (Lipinski definition) is 4. The number of sulfonamides is 1. The molecule has 1 aliphatic rings. The van der Waals surface area contributed by atoms with Crippen molar-refractivity contribution in [3.63, 3.8) is 0 Å². The third-order valence-corrected chi connectivity index (χ3v) is 7.49. The summed E-state index contributed by atoms with van der Waals surface area (Å²) in [6.07, 6.45) is -0.263. The Morgan fingerprint density at radius 2 is 1.75 bits per heavy atom. The minimum absolute atomic E-state index is 0.0669. The number of carbonyl (C=O) groups excluding carboxylic acids is 1. The van der Waals surface area contributed by atoms with Crippen LogP contribution in [0.2, 0.25) is 5.02 Å². The van der Waals surface area contributed by atoms with Crippen molar-refractivity contribution in [2.24, 2.45) is 0 Å². The van der Waals surface area contributed by atoms with Gasteiger partial charge in [-0.3, -0.25) is 9.10 Å². The minimum atomic E-state index is -3.81. The Labute approximate surface area is 193 Å². The van der Waals surface area contributed by atoms with Crippen LogP contribution < -0.4 is 4.31 Å². The molecule has 1 aliphatic heterocycles. The summed E-state index contributed by atoms with van der Waals surface area (Å²) < 4.78 is 33.3. The highest BCUT2D eigenvalue weighted by molar-refractivity contribution is 7.92. The summed E-state index contributed by atoms with van der Waals surface area (Å²) in [5, 5.41) is 0.635. The van der Waals surface area contributed by atoms with E-state index in [0.717, 1.165) is 5.56 Å². The van der Waals surface area contributed by atoms with Crippen LogP contribution in [0.25, 0.3) is 0 Å². The number of carbonyl (C=O) groups is 1. The fourth-order valence-electron chi connectivity index (χ4n) is 3.62. The lowest BCUT2D eigenvalue weighted by atomic mass is 10.1. The molecule has 0 N–H and O–H groups in total. The smallest absolute Gasteiger partial charge is 0.264 e. The van der Waals surface area contributed by atoms with Crippen molar-refractivity contribution in [2.75, 3.05) is 31.0 Å². The fourth-order valence-corrected chi connectivity index (χ4v) is 4.99. The van der Waals surface area contributed by atoms with Crippen LogP contribution in [0, 0.1) is 0 Å². The van der Waals surface area contributed by atoms with Crippen LogP contribution in [-0.4, -0.2) is 46.0 Å². The van der Waals surface area contributed by atoms with Gasteiger partial charge < -0.3 is 9.64 Å². The normalized spacial score (nSPS) is 16.6. The molecule has 0 aromatic heterocycles. The molecule has 1 atom stereocenters. The number of amides is 1. The van der Waals surface area contributed by atoms with E-state index >= 15 is 0 Å². The summed E-state index contributed by atoms with van der Waals surface area (Å²) in [5.41, 5.74) is 1.81. The molecular formula is C24H23ClN2O4S. The van der Waals surface area contributed by atoms with Crippen LogP contribution in [0.4, 0.5) is 5.69 Å². The molecule has 0 spiro atoms. The summed E-state index contributed by atoms with van der Waals surface area (Å²) >= 11 is 5.96. The van der Waals surface area contributed by atoms with Gasteiger partial charge in [-0.1, -0.05) is 48.0 Å². The summed E-state index contributed by atoms with van der Waals surface area (Å²) in [4.78, 5) is 14.9. The largest absolute Gasteiger partial charge is 0.370 e. The molecule has 0 aliphatic carbocycles. The van der Waals surface area contributed by atoms with Crippen LogP contribution in [-0.2, 0) is 14.8 Å². The van der Waals surface area contributed by atoms with Gasteiger partial charge in [0.05, 0.1) is 23.7 Å². The maximum Gasteiger partial charge on any atom is 0.264 e. The number of anilines is 1. The van der Waals surface area contributed by atoms with Gasteiger partial charge in [-0.25, -0.2) is 8.42 Å². The Balaban J connectivity index is 1.55. The average Bonchev–Trinajstić information content (AvgIpc) is 2.84. The molecule has 4 rings (SSSR count). The highest BCUT2D eigenvalue weighted by Crippen LogP contribution is 2.26.